The molecule has 2 aromatic carbocycles. The number of rotatable bonds is 7. The molecule has 0 aliphatic rings. The first-order chi connectivity index (χ1) is 13.5. The second-order valence-corrected chi connectivity index (χ2v) is 6.17. The second kappa shape index (κ2) is 8.94. The van der Waals surface area contributed by atoms with Crippen LogP contribution in [-0.4, -0.2) is 29.5 Å². The number of nitrogens with one attached hydrogen (secondary N) is 2. The Balaban J connectivity index is 1.61. The maximum atomic E-state index is 13.3. The Morgan fingerprint density at radius 1 is 1.11 bits per heavy atom. The highest BCUT2D eigenvalue weighted by atomic mass is 19.1. The van der Waals surface area contributed by atoms with Crippen molar-refractivity contribution in [2.24, 2.45) is 0 Å². The molecule has 0 atom stereocenters. The van der Waals surface area contributed by atoms with Crippen LogP contribution in [0.4, 0.5) is 15.9 Å². The topological polar surface area (TPSA) is 76.1 Å². The third kappa shape index (κ3) is 5.26. The number of nitrogens with zero attached hydrogens (tertiary/aromatic N) is 2. The lowest BCUT2D eigenvalue weighted by Crippen LogP contribution is -2.27. The molecule has 0 bridgehead atoms. The minimum atomic E-state index is -0.354. The second-order valence-electron chi connectivity index (χ2n) is 6.17. The van der Waals surface area contributed by atoms with Gasteiger partial charge >= 0.3 is 0 Å². The molecule has 7 heteroatoms. The number of aryl methyl sites for hydroxylation is 1. The quantitative estimate of drug-likeness (QED) is 0.654. The predicted octanol–water partition coefficient (Wildman–Crippen LogP) is 3.65. The van der Waals surface area contributed by atoms with Gasteiger partial charge in [-0.3, -0.25) is 4.79 Å². The summed E-state index contributed by atoms with van der Waals surface area (Å²) in [6.07, 6.45) is 0.689. The molecular weight excluding hydrogens is 359 g/mol. The molecule has 3 aromatic rings. The minimum absolute atomic E-state index is 0.251. The molecule has 144 valence electrons. The van der Waals surface area contributed by atoms with Gasteiger partial charge < -0.3 is 15.4 Å². The van der Waals surface area contributed by atoms with Gasteiger partial charge in [0.05, 0.1) is 7.11 Å². The zero-order chi connectivity index (χ0) is 19.9. The average molecular weight is 380 g/mol. The summed E-state index contributed by atoms with van der Waals surface area (Å²) in [4.78, 5) is 20.9. The number of ether oxygens (including phenoxy) is 1. The van der Waals surface area contributed by atoms with E-state index in [1.165, 1.54) is 12.1 Å². The van der Waals surface area contributed by atoms with Crippen molar-refractivity contribution in [2.45, 2.75) is 13.3 Å². The lowest BCUT2D eigenvalue weighted by Gasteiger charge is -2.09. The number of benzene rings is 2. The maximum absolute atomic E-state index is 13.3. The molecule has 3 rings (SSSR count). The molecule has 28 heavy (non-hydrogen) atoms. The van der Waals surface area contributed by atoms with Crippen LogP contribution in [0.1, 0.15) is 21.9 Å². The first-order valence-electron chi connectivity index (χ1n) is 8.83. The van der Waals surface area contributed by atoms with Crippen LogP contribution in [0, 0.1) is 12.7 Å². The number of aromatic nitrogens is 2. The summed E-state index contributed by atoms with van der Waals surface area (Å²) in [5, 5.41) is 5.85. The van der Waals surface area contributed by atoms with Gasteiger partial charge in [0.1, 0.15) is 28.9 Å². The summed E-state index contributed by atoms with van der Waals surface area (Å²) in [6.45, 7) is 2.17. The van der Waals surface area contributed by atoms with Gasteiger partial charge in [0.15, 0.2) is 0 Å². The first-order valence-corrected chi connectivity index (χ1v) is 8.83. The van der Waals surface area contributed by atoms with Crippen molar-refractivity contribution < 1.29 is 13.9 Å². The van der Waals surface area contributed by atoms with Crippen molar-refractivity contribution in [3.63, 3.8) is 0 Å². The van der Waals surface area contributed by atoms with Gasteiger partial charge in [0.25, 0.3) is 5.91 Å². The molecule has 0 spiro atoms. The molecule has 0 fully saturated rings. The van der Waals surface area contributed by atoms with Crippen LogP contribution < -0.4 is 15.4 Å². The van der Waals surface area contributed by atoms with Gasteiger partial charge in [-0.25, -0.2) is 14.4 Å². The zero-order valence-electron chi connectivity index (χ0n) is 15.7. The number of amides is 1. The summed E-state index contributed by atoms with van der Waals surface area (Å²) in [6, 6.07) is 15.3. The molecule has 1 heterocycles. The number of carbonyl (C=O) groups is 1. The Bertz CT molecular complexity index is 961. The summed E-state index contributed by atoms with van der Waals surface area (Å²) < 4.78 is 18.5. The molecule has 0 aliphatic heterocycles. The molecule has 1 aromatic heterocycles. The number of halogens is 1. The van der Waals surface area contributed by atoms with E-state index in [0.717, 1.165) is 11.3 Å². The number of hydrogen-bond acceptors (Lipinski definition) is 5. The van der Waals surface area contributed by atoms with E-state index in [2.05, 4.69) is 20.6 Å². The minimum Gasteiger partial charge on any atom is -0.497 e. The molecular formula is C21H21FN4O2. The Kier molecular flexibility index (Phi) is 6.16. The van der Waals surface area contributed by atoms with E-state index in [0.29, 0.717) is 30.3 Å². The average Bonchev–Trinajstić information content (AvgIpc) is 2.68. The Morgan fingerprint density at radius 3 is 2.61 bits per heavy atom. The normalized spacial score (nSPS) is 10.4. The fourth-order valence-electron chi connectivity index (χ4n) is 2.67. The number of carbonyl (C=O) groups excluding carboxylic acids is 1. The van der Waals surface area contributed by atoms with Gasteiger partial charge in [-0.2, -0.15) is 0 Å². The van der Waals surface area contributed by atoms with Crippen LogP contribution in [0.3, 0.4) is 0 Å². The summed E-state index contributed by atoms with van der Waals surface area (Å²) in [5.74, 6) is 1.02. The summed E-state index contributed by atoms with van der Waals surface area (Å²) >= 11 is 0. The van der Waals surface area contributed by atoms with Gasteiger partial charge in [-0.05, 0) is 49.2 Å². The van der Waals surface area contributed by atoms with Crippen molar-refractivity contribution in [3.8, 4) is 5.75 Å². The van der Waals surface area contributed by atoms with Crippen molar-refractivity contribution in [2.75, 3.05) is 19.0 Å². The molecule has 0 radical (unpaired) electrons. The molecule has 0 aliphatic carbocycles. The first kappa shape index (κ1) is 19.3. The standard InChI is InChI=1S/C21H21FN4O2/c1-14-24-19(13-20(25-14)26-17-5-3-4-16(22)12-17)21(27)23-11-10-15-6-8-18(28-2)9-7-15/h3-9,12-13H,10-11H2,1-2H3,(H,23,27)(H,24,25,26). The van der Waals surface area contributed by atoms with Crippen LogP contribution >= 0.6 is 0 Å². The number of anilines is 2. The fraction of sp³-hybridized carbons (Fsp3) is 0.190. The van der Waals surface area contributed by atoms with E-state index < -0.39 is 0 Å². The zero-order valence-corrected chi connectivity index (χ0v) is 15.7. The number of hydrogen-bond donors (Lipinski definition) is 2. The monoisotopic (exact) mass is 380 g/mol. The van der Waals surface area contributed by atoms with Crippen molar-refractivity contribution in [1.29, 1.82) is 0 Å². The van der Waals surface area contributed by atoms with Crippen LogP contribution in [-0.2, 0) is 6.42 Å². The lowest BCUT2D eigenvalue weighted by atomic mass is 10.1. The third-order valence-corrected chi connectivity index (χ3v) is 4.03. The van der Waals surface area contributed by atoms with Crippen LogP contribution in [0.15, 0.2) is 54.6 Å². The largest absolute Gasteiger partial charge is 0.497 e. The molecule has 0 unspecified atom stereocenters. The lowest BCUT2D eigenvalue weighted by molar-refractivity contribution is 0.0949. The van der Waals surface area contributed by atoms with Gasteiger partial charge in [0, 0.05) is 18.3 Å². The smallest absolute Gasteiger partial charge is 0.270 e. The van der Waals surface area contributed by atoms with E-state index in [9.17, 15) is 9.18 Å². The number of methoxy groups -OCH3 is 1. The van der Waals surface area contributed by atoms with Crippen molar-refractivity contribution >= 4 is 17.4 Å². The summed E-state index contributed by atoms with van der Waals surface area (Å²) in [7, 11) is 1.62. The van der Waals surface area contributed by atoms with E-state index in [4.69, 9.17) is 4.74 Å². The van der Waals surface area contributed by atoms with Gasteiger partial charge in [0.2, 0.25) is 0 Å². The predicted molar refractivity (Wildman–Crippen MR) is 105 cm³/mol. The highest BCUT2D eigenvalue weighted by molar-refractivity contribution is 5.93. The Morgan fingerprint density at radius 2 is 1.89 bits per heavy atom. The van der Waals surface area contributed by atoms with E-state index >= 15 is 0 Å². The highest BCUT2D eigenvalue weighted by Gasteiger charge is 2.11. The van der Waals surface area contributed by atoms with Gasteiger partial charge in [-0.1, -0.05) is 18.2 Å². The maximum Gasteiger partial charge on any atom is 0.270 e. The van der Waals surface area contributed by atoms with Crippen molar-refractivity contribution in [1.82, 2.24) is 15.3 Å². The molecule has 1 amide bonds. The molecule has 0 saturated carbocycles. The third-order valence-electron chi connectivity index (χ3n) is 4.03. The van der Waals surface area contributed by atoms with Crippen LogP contribution in [0.25, 0.3) is 0 Å². The van der Waals surface area contributed by atoms with E-state index in [1.807, 2.05) is 24.3 Å². The Labute approximate surface area is 162 Å². The molecule has 2 N–H and O–H groups in total. The van der Waals surface area contributed by atoms with Crippen LogP contribution in [0.5, 0.6) is 5.75 Å². The summed E-state index contributed by atoms with van der Waals surface area (Å²) in [5.41, 5.74) is 1.89. The SMILES string of the molecule is COc1ccc(CCNC(=O)c2cc(Nc3cccc(F)c3)nc(C)n2)cc1. The van der Waals surface area contributed by atoms with E-state index in [-0.39, 0.29) is 17.4 Å². The highest BCUT2D eigenvalue weighted by Crippen LogP contribution is 2.16. The molecule has 6 nitrogen and oxygen atoms in total. The Hall–Kier alpha value is -3.48. The van der Waals surface area contributed by atoms with Gasteiger partial charge in [-0.15, -0.1) is 0 Å². The van der Waals surface area contributed by atoms with E-state index in [1.54, 1.807) is 32.2 Å². The molecule has 0 saturated heterocycles. The van der Waals surface area contributed by atoms with Crippen molar-refractivity contribution in [3.05, 3.63) is 77.5 Å². The van der Waals surface area contributed by atoms with Crippen LogP contribution in [0.2, 0.25) is 0 Å². The fourth-order valence-corrected chi connectivity index (χ4v) is 2.67.